The van der Waals surface area contributed by atoms with Crippen LogP contribution in [0.1, 0.15) is 24.2 Å². The van der Waals surface area contributed by atoms with E-state index in [0.29, 0.717) is 13.0 Å². The summed E-state index contributed by atoms with van der Waals surface area (Å²) < 4.78 is 0. The maximum absolute atomic E-state index is 12.0. The molecular formula is C11H19ClN4O. The van der Waals surface area contributed by atoms with Crippen molar-refractivity contribution < 1.29 is 4.79 Å². The lowest BCUT2D eigenvalue weighted by Gasteiger charge is -2.22. The van der Waals surface area contributed by atoms with E-state index in [1.54, 1.807) is 0 Å². The van der Waals surface area contributed by atoms with Crippen LogP contribution in [0.25, 0.3) is 0 Å². The first-order valence-electron chi connectivity index (χ1n) is 5.71. The molecule has 0 aromatic carbocycles. The number of halogens is 1. The Morgan fingerprint density at radius 3 is 3.06 bits per heavy atom. The van der Waals surface area contributed by atoms with E-state index in [9.17, 15) is 4.79 Å². The Hall–Kier alpha value is -1.07. The van der Waals surface area contributed by atoms with Gasteiger partial charge in [-0.2, -0.15) is 5.10 Å². The summed E-state index contributed by atoms with van der Waals surface area (Å²) in [7, 11) is 0. The first-order chi connectivity index (χ1) is 7.70. The van der Waals surface area contributed by atoms with Crippen LogP contribution in [0.15, 0.2) is 6.07 Å². The number of hydrogen-bond donors (Lipinski definition) is 2. The fraction of sp³-hybridized carbons (Fsp3) is 0.636. The lowest BCUT2D eigenvalue weighted by atomic mass is 10.2. The van der Waals surface area contributed by atoms with Gasteiger partial charge in [0.05, 0.1) is 12.1 Å². The zero-order valence-corrected chi connectivity index (χ0v) is 10.8. The van der Waals surface area contributed by atoms with E-state index in [1.807, 2.05) is 17.9 Å². The first kappa shape index (κ1) is 14.0. The number of H-pyrrole nitrogens is 1. The maximum atomic E-state index is 12.0. The average molecular weight is 259 g/mol. The highest BCUT2D eigenvalue weighted by atomic mass is 35.5. The number of hydrogen-bond acceptors (Lipinski definition) is 3. The van der Waals surface area contributed by atoms with Gasteiger partial charge in [-0.3, -0.25) is 9.89 Å². The van der Waals surface area contributed by atoms with Gasteiger partial charge in [-0.1, -0.05) is 0 Å². The third kappa shape index (κ3) is 3.20. The van der Waals surface area contributed by atoms with Crippen LogP contribution in [-0.2, 0) is 11.2 Å². The zero-order valence-electron chi connectivity index (χ0n) is 9.98. The highest BCUT2D eigenvalue weighted by Crippen LogP contribution is 2.17. The van der Waals surface area contributed by atoms with Gasteiger partial charge in [0, 0.05) is 24.8 Å². The van der Waals surface area contributed by atoms with Crippen LogP contribution < -0.4 is 5.73 Å². The van der Waals surface area contributed by atoms with Gasteiger partial charge in [-0.15, -0.1) is 12.4 Å². The summed E-state index contributed by atoms with van der Waals surface area (Å²) in [5.74, 6) is 0.138. The van der Waals surface area contributed by atoms with Gasteiger partial charge >= 0.3 is 0 Å². The number of aromatic amines is 1. The average Bonchev–Trinajstić information content (AvgIpc) is 2.86. The molecule has 0 bridgehead atoms. The summed E-state index contributed by atoms with van der Waals surface area (Å²) in [6.45, 7) is 3.33. The molecule has 1 atom stereocenters. The molecule has 2 rings (SSSR count). The molecule has 1 fully saturated rings. The molecule has 0 spiro atoms. The third-order valence-electron chi connectivity index (χ3n) is 3.06. The highest BCUT2D eigenvalue weighted by molar-refractivity contribution is 5.85. The standard InChI is InChI=1S/C11H18N4O.ClH/c1-8-5-9(14-13-8)6-11(16)15-4-2-3-10(15)7-12;/h5,10H,2-4,6-7,12H2,1H3,(H,13,14);1H. The zero-order chi connectivity index (χ0) is 11.5. The Bertz CT molecular complexity index is 379. The molecule has 1 aromatic heterocycles. The van der Waals surface area contributed by atoms with Crippen molar-refractivity contribution in [3.05, 3.63) is 17.5 Å². The number of aromatic nitrogens is 2. The highest BCUT2D eigenvalue weighted by Gasteiger charge is 2.27. The number of nitrogens with one attached hydrogen (secondary N) is 1. The monoisotopic (exact) mass is 258 g/mol. The van der Waals surface area contributed by atoms with Crippen molar-refractivity contribution in [2.24, 2.45) is 5.73 Å². The van der Waals surface area contributed by atoms with Crippen molar-refractivity contribution in [2.45, 2.75) is 32.2 Å². The van der Waals surface area contributed by atoms with Gasteiger partial charge in [-0.05, 0) is 25.8 Å². The number of likely N-dealkylation sites (tertiary alicyclic amines) is 1. The second kappa shape index (κ2) is 6.02. The second-order valence-electron chi connectivity index (χ2n) is 4.34. The van der Waals surface area contributed by atoms with Gasteiger partial charge in [-0.25, -0.2) is 0 Å². The molecule has 3 N–H and O–H groups in total. The summed E-state index contributed by atoms with van der Waals surface area (Å²) in [6, 6.07) is 2.14. The van der Waals surface area contributed by atoms with Crippen molar-refractivity contribution in [3.8, 4) is 0 Å². The minimum Gasteiger partial charge on any atom is -0.338 e. The molecular weight excluding hydrogens is 240 g/mol. The molecule has 17 heavy (non-hydrogen) atoms. The van der Waals surface area contributed by atoms with E-state index in [0.717, 1.165) is 30.8 Å². The number of nitrogens with zero attached hydrogens (tertiary/aromatic N) is 2. The summed E-state index contributed by atoms with van der Waals surface area (Å²) in [4.78, 5) is 13.9. The maximum Gasteiger partial charge on any atom is 0.228 e. The van der Waals surface area contributed by atoms with Crippen molar-refractivity contribution in [1.29, 1.82) is 0 Å². The van der Waals surface area contributed by atoms with Crippen LogP contribution in [0.3, 0.4) is 0 Å². The van der Waals surface area contributed by atoms with Crippen LogP contribution in [0, 0.1) is 6.92 Å². The van der Waals surface area contributed by atoms with E-state index >= 15 is 0 Å². The van der Waals surface area contributed by atoms with Crippen molar-refractivity contribution in [3.63, 3.8) is 0 Å². The molecule has 0 saturated carbocycles. The molecule has 1 unspecified atom stereocenters. The number of amides is 1. The van der Waals surface area contributed by atoms with Crippen molar-refractivity contribution in [2.75, 3.05) is 13.1 Å². The molecule has 0 radical (unpaired) electrons. The summed E-state index contributed by atoms with van der Waals surface area (Å²) >= 11 is 0. The first-order valence-corrected chi connectivity index (χ1v) is 5.71. The number of carbonyl (C=O) groups is 1. The van der Waals surface area contributed by atoms with E-state index < -0.39 is 0 Å². The number of carbonyl (C=O) groups excluding carboxylic acids is 1. The Kier molecular flexibility index (Phi) is 4.96. The Labute approximate surface area is 107 Å². The topological polar surface area (TPSA) is 75.0 Å². The van der Waals surface area contributed by atoms with Crippen LogP contribution in [0.4, 0.5) is 0 Å². The van der Waals surface area contributed by atoms with Gasteiger partial charge in [0.25, 0.3) is 0 Å². The molecule has 6 heteroatoms. The number of aryl methyl sites for hydroxylation is 1. The fourth-order valence-corrected chi connectivity index (χ4v) is 2.23. The number of rotatable bonds is 3. The van der Waals surface area contributed by atoms with Gasteiger partial charge in [0.15, 0.2) is 0 Å². The molecule has 1 aromatic rings. The smallest absolute Gasteiger partial charge is 0.228 e. The Morgan fingerprint density at radius 1 is 1.71 bits per heavy atom. The molecule has 1 aliphatic rings. The Balaban J connectivity index is 0.00000144. The van der Waals surface area contributed by atoms with Crippen LogP contribution >= 0.6 is 12.4 Å². The molecule has 1 aliphatic heterocycles. The minimum absolute atomic E-state index is 0. The third-order valence-corrected chi connectivity index (χ3v) is 3.06. The summed E-state index contributed by atoms with van der Waals surface area (Å²) in [5, 5.41) is 6.92. The van der Waals surface area contributed by atoms with Gasteiger partial charge < -0.3 is 10.6 Å². The summed E-state index contributed by atoms with van der Waals surface area (Å²) in [6.07, 6.45) is 2.47. The van der Waals surface area contributed by atoms with E-state index in [4.69, 9.17) is 5.73 Å². The van der Waals surface area contributed by atoms with Crippen LogP contribution in [-0.4, -0.2) is 40.1 Å². The van der Waals surface area contributed by atoms with Crippen LogP contribution in [0.2, 0.25) is 0 Å². The van der Waals surface area contributed by atoms with E-state index in [-0.39, 0.29) is 24.4 Å². The molecule has 1 saturated heterocycles. The van der Waals surface area contributed by atoms with Crippen molar-refractivity contribution >= 4 is 18.3 Å². The fourth-order valence-electron chi connectivity index (χ4n) is 2.23. The minimum atomic E-state index is 0. The molecule has 96 valence electrons. The molecule has 5 nitrogen and oxygen atoms in total. The normalized spacial score (nSPS) is 19.2. The predicted octanol–water partition coefficient (Wildman–Crippen LogP) is 0.632. The lowest BCUT2D eigenvalue weighted by Crippen LogP contribution is -2.40. The lowest BCUT2D eigenvalue weighted by molar-refractivity contribution is -0.131. The molecule has 2 heterocycles. The number of nitrogens with two attached hydrogens (primary N) is 1. The quantitative estimate of drug-likeness (QED) is 0.835. The van der Waals surface area contributed by atoms with Gasteiger partial charge in [0.1, 0.15) is 0 Å². The van der Waals surface area contributed by atoms with Crippen molar-refractivity contribution in [1.82, 2.24) is 15.1 Å². The van der Waals surface area contributed by atoms with Crippen LogP contribution in [0.5, 0.6) is 0 Å². The van der Waals surface area contributed by atoms with Gasteiger partial charge in [0.2, 0.25) is 5.91 Å². The molecule has 0 aliphatic carbocycles. The van der Waals surface area contributed by atoms with E-state index in [1.165, 1.54) is 0 Å². The predicted molar refractivity (Wildman–Crippen MR) is 68.1 cm³/mol. The second-order valence-corrected chi connectivity index (χ2v) is 4.34. The molecule has 1 amide bonds. The Morgan fingerprint density at radius 2 is 2.47 bits per heavy atom. The SMILES string of the molecule is Cc1cc(CC(=O)N2CCCC2CN)n[nH]1.Cl. The summed E-state index contributed by atoms with van der Waals surface area (Å²) in [5.41, 5.74) is 7.44. The largest absolute Gasteiger partial charge is 0.338 e. The van der Waals surface area contributed by atoms with E-state index in [2.05, 4.69) is 10.2 Å².